The Labute approximate surface area is 96.2 Å². The van der Waals surface area contributed by atoms with Gasteiger partial charge in [-0.05, 0) is 31.0 Å². The lowest BCUT2D eigenvalue weighted by molar-refractivity contribution is -0.119. The van der Waals surface area contributed by atoms with Crippen LogP contribution in [0, 0.1) is 11.7 Å². The third-order valence-corrected chi connectivity index (χ3v) is 3.02. The number of anilines is 1. The van der Waals surface area contributed by atoms with Crippen molar-refractivity contribution in [1.82, 2.24) is 0 Å². The van der Waals surface area contributed by atoms with E-state index in [4.69, 9.17) is 0 Å². The van der Waals surface area contributed by atoms with Gasteiger partial charge in [0.1, 0.15) is 5.82 Å². The van der Waals surface area contributed by atoms with Gasteiger partial charge >= 0.3 is 0 Å². The molecule has 2 rings (SSSR count). The molecule has 1 aliphatic carbocycles. The van der Waals surface area contributed by atoms with Gasteiger partial charge in [-0.15, -0.1) is 0 Å². The summed E-state index contributed by atoms with van der Waals surface area (Å²) in [4.78, 5) is 13.1. The Hall–Kier alpha value is -0.900. The number of hydrogen-bond acceptors (Lipinski definition) is 1. The quantitative estimate of drug-likeness (QED) is 0.810. The highest BCUT2D eigenvalue weighted by molar-refractivity contribution is 9.10. The zero-order valence-corrected chi connectivity index (χ0v) is 9.92. The summed E-state index contributed by atoms with van der Waals surface area (Å²) in [5, 5.41) is 0. The van der Waals surface area contributed by atoms with Crippen LogP contribution in [0.3, 0.4) is 0 Å². The molecular weight excluding hydrogens is 261 g/mol. The minimum absolute atomic E-state index is 0.0104. The van der Waals surface area contributed by atoms with Crippen molar-refractivity contribution in [3.63, 3.8) is 0 Å². The first-order chi connectivity index (χ1) is 7.09. The Balaban J connectivity index is 2.24. The Kier molecular flexibility index (Phi) is 2.78. The van der Waals surface area contributed by atoms with Crippen molar-refractivity contribution in [2.75, 3.05) is 11.9 Å². The van der Waals surface area contributed by atoms with Crippen LogP contribution in [-0.2, 0) is 4.79 Å². The first-order valence-electron chi connectivity index (χ1n) is 4.82. The van der Waals surface area contributed by atoms with Crippen molar-refractivity contribution in [3.8, 4) is 0 Å². The monoisotopic (exact) mass is 271 g/mol. The van der Waals surface area contributed by atoms with Crippen LogP contribution in [0.15, 0.2) is 22.7 Å². The molecule has 0 bridgehead atoms. The van der Waals surface area contributed by atoms with Gasteiger partial charge in [-0.25, -0.2) is 4.39 Å². The van der Waals surface area contributed by atoms with Crippen molar-refractivity contribution >= 4 is 27.5 Å². The standard InChI is InChI=1S/C11H11BrFNO/c1-14(11(15)7-2-3-7)10-5-4-8(12)6-9(10)13/h4-7H,2-3H2,1H3. The first kappa shape index (κ1) is 10.6. The highest BCUT2D eigenvalue weighted by atomic mass is 79.9. The topological polar surface area (TPSA) is 20.3 Å². The highest BCUT2D eigenvalue weighted by Gasteiger charge is 2.33. The predicted octanol–water partition coefficient (Wildman–Crippen LogP) is 2.96. The normalized spacial score (nSPS) is 15.1. The summed E-state index contributed by atoms with van der Waals surface area (Å²) in [5.74, 6) is -0.254. The van der Waals surface area contributed by atoms with E-state index in [-0.39, 0.29) is 17.6 Å². The highest BCUT2D eigenvalue weighted by Crippen LogP contribution is 2.33. The largest absolute Gasteiger partial charge is 0.313 e. The molecule has 1 saturated carbocycles. The molecule has 1 aromatic carbocycles. The third kappa shape index (κ3) is 2.20. The van der Waals surface area contributed by atoms with Gasteiger partial charge in [0.2, 0.25) is 5.91 Å². The summed E-state index contributed by atoms with van der Waals surface area (Å²) in [7, 11) is 1.62. The van der Waals surface area contributed by atoms with E-state index >= 15 is 0 Å². The number of amides is 1. The third-order valence-electron chi connectivity index (χ3n) is 2.53. The van der Waals surface area contributed by atoms with Crippen LogP contribution in [0.4, 0.5) is 10.1 Å². The summed E-state index contributed by atoms with van der Waals surface area (Å²) in [5.41, 5.74) is 0.343. The molecule has 1 amide bonds. The number of nitrogens with zero attached hydrogens (tertiary/aromatic N) is 1. The fourth-order valence-corrected chi connectivity index (χ4v) is 1.81. The molecule has 0 aromatic heterocycles. The van der Waals surface area contributed by atoms with Gasteiger partial charge in [0.05, 0.1) is 5.69 Å². The molecule has 0 spiro atoms. The molecule has 4 heteroatoms. The lowest BCUT2D eigenvalue weighted by Gasteiger charge is -2.17. The summed E-state index contributed by atoms with van der Waals surface area (Å²) < 4.78 is 14.2. The van der Waals surface area contributed by atoms with Crippen LogP contribution in [0.25, 0.3) is 0 Å². The predicted molar refractivity (Wildman–Crippen MR) is 60.2 cm³/mol. The van der Waals surface area contributed by atoms with Crippen LogP contribution in [-0.4, -0.2) is 13.0 Å². The Morgan fingerprint density at radius 1 is 1.53 bits per heavy atom. The van der Waals surface area contributed by atoms with Crippen LogP contribution >= 0.6 is 15.9 Å². The zero-order valence-electron chi connectivity index (χ0n) is 8.34. The van der Waals surface area contributed by atoms with Gasteiger partial charge in [0.25, 0.3) is 0 Å². The van der Waals surface area contributed by atoms with Crippen molar-refractivity contribution in [2.45, 2.75) is 12.8 Å². The van der Waals surface area contributed by atoms with Gasteiger partial charge in [0, 0.05) is 17.4 Å². The smallest absolute Gasteiger partial charge is 0.229 e. The fraction of sp³-hybridized carbons (Fsp3) is 0.364. The van der Waals surface area contributed by atoms with Gasteiger partial charge in [-0.2, -0.15) is 0 Å². The lowest BCUT2D eigenvalue weighted by atomic mass is 10.2. The number of rotatable bonds is 2. The van der Waals surface area contributed by atoms with Gasteiger partial charge in [0.15, 0.2) is 0 Å². The average Bonchev–Trinajstić information content (AvgIpc) is 2.99. The van der Waals surface area contributed by atoms with Crippen molar-refractivity contribution in [2.24, 2.45) is 5.92 Å². The fourth-order valence-electron chi connectivity index (χ4n) is 1.48. The summed E-state index contributed by atoms with van der Waals surface area (Å²) in [6.45, 7) is 0. The molecule has 0 N–H and O–H groups in total. The number of benzene rings is 1. The SMILES string of the molecule is CN(C(=O)C1CC1)c1ccc(Br)cc1F. The number of carbonyl (C=O) groups is 1. The Bertz CT molecular complexity index is 404. The minimum Gasteiger partial charge on any atom is -0.313 e. The zero-order chi connectivity index (χ0) is 11.0. The summed E-state index contributed by atoms with van der Waals surface area (Å²) >= 11 is 3.18. The maximum absolute atomic E-state index is 13.5. The van der Waals surface area contributed by atoms with Crippen LogP contribution in [0.5, 0.6) is 0 Å². The first-order valence-corrected chi connectivity index (χ1v) is 5.61. The van der Waals surface area contributed by atoms with Crippen LogP contribution < -0.4 is 4.90 Å². The van der Waals surface area contributed by atoms with Gasteiger partial charge in [-0.1, -0.05) is 15.9 Å². The lowest BCUT2D eigenvalue weighted by Crippen LogP contribution is -2.28. The molecule has 0 atom stereocenters. The van der Waals surface area contributed by atoms with Crippen LogP contribution in [0.2, 0.25) is 0 Å². The van der Waals surface area contributed by atoms with Crippen molar-refractivity contribution in [1.29, 1.82) is 0 Å². The van der Waals surface area contributed by atoms with Crippen LogP contribution in [0.1, 0.15) is 12.8 Å². The van der Waals surface area contributed by atoms with E-state index in [0.29, 0.717) is 10.2 Å². The molecule has 2 nitrogen and oxygen atoms in total. The van der Waals surface area contributed by atoms with E-state index in [0.717, 1.165) is 12.8 Å². The minimum atomic E-state index is -0.374. The molecule has 1 aromatic rings. The number of hydrogen-bond donors (Lipinski definition) is 0. The Morgan fingerprint density at radius 3 is 2.73 bits per heavy atom. The van der Waals surface area contributed by atoms with Crippen molar-refractivity contribution < 1.29 is 9.18 Å². The second-order valence-electron chi connectivity index (χ2n) is 3.77. The number of carbonyl (C=O) groups excluding carboxylic acids is 1. The molecular formula is C11H11BrFNO. The molecule has 0 radical (unpaired) electrons. The number of halogens is 2. The Morgan fingerprint density at radius 2 is 2.20 bits per heavy atom. The maximum atomic E-state index is 13.5. The van der Waals surface area contributed by atoms with E-state index in [9.17, 15) is 9.18 Å². The molecule has 1 fully saturated rings. The second-order valence-corrected chi connectivity index (χ2v) is 4.68. The van der Waals surface area contributed by atoms with Gasteiger partial charge < -0.3 is 4.90 Å². The average molecular weight is 272 g/mol. The molecule has 80 valence electrons. The molecule has 0 saturated heterocycles. The maximum Gasteiger partial charge on any atom is 0.229 e. The van der Waals surface area contributed by atoms with Crippen molar-refractivity contribution in [3.05, 3.63) is 28.5 Å². The van der Waals surface area contributed by atoms with Gasteiger partial charge in [-0.3, -0.25) is 4.79 Å². The van der Waals surface area contributed by atoms with E-state index < -0.39 is 0 Å². The molecule has 0 unspecified atom stereocenters. The second kappa shape index (κ2) is 3.93. The molecule has 0 heterocycles. The molecule has 0 aliphatic heterocycles. The van der Waals surface area contributed by atoms with E-state index in [1.807, 2.05) is 0 Å². The van der Waals surface area contributed by atoms with E-state index in [1.165, 1.54) is 11.0 Å². The summed E-state index contributed by atoms with van der Waals surface area (Å²) in [6.07, 6.45) is 1.86. The summed E-state index contributed by atoms with van der Waals surface area (Å²) in [6, 6.07) is 4.71. The molecule has 1 aliphatic rings. The van der Waals surface area contributed by atoms with E-state index in [2.05, 4.69) is 15.9 Å². The molecule has 15 heavy (non-hydrogen) atoms. The van der Waals surface area contributed by atoms with E-state index in [1.54, 1.807) is 19.2 Å².